The van der Waals surface area contributed by atoms with E-state index in [0.29, 0.717) is 11.3 Å². The minimum Gasteiger partial charge on any atom is -0.507 e. The van der Waals surface area contributed by atoms with Crippen molar-refractivity contribution in [3.8, 4) is 0 Å². The topological polar surface area (TPSA) is 110 Å². The van der Waals surface area contributed by atoms with Gasteiger partial charge in [-0.05, 0) is 51.5 Å². The molecule has 3 aromatic rings. The Labute approximate surface area is 194 Å². The molecule has 8 nitrogen and oxygen atoms in total. The number of aromatic nitrogens is 1. The molecule has 1 amide bonds. The number of aliphatic hydroxyl groups excluding tert-OH is 1. The number of anilines is 1. The number of ketones is 1. The Balaban J connectivity index is 1.91. The lowest BCUT2D eigenvalue weighted by molar-refractivity contribution is -0.132. The van der Waals surface area contributed by atoms with Crippen molar-refractivity contribution in [1.29, 1.82) is 0 Å². The van der Waals surface area contributed by atoms with Gasteiger partial charge in [0, 0.05) is 5.56 Å². The summed E-state index contributed by atoms with van der Waals surface area (Å²) < 4.78 is 10.6. The number of rotatable bonds is 5. The molecule has 2 aromatic heterocycles. The van der Waals surface area contributed by atoms with E-state index >= 15 is 0 Å². The van der Waals surface area contributed by atoms with Gasteiger partial charge < -0.3 is 14.3 Å². The highest BCUT2D eigenvalue weighted by atomic mass is 32.1. The summed E-state index contributed by atoms with van der Waals surface area (Å²) in [6.45, 7) is 7.19. The second-order valence-electron chi connectivity index (χ2n) is 7.63. The highest BCUT2D eigenvalue weighted by Crippen LogP contribution is 2.44. The first-order valence-electron chi connectivity index (χ1n) is 10.3. The molecule has 170 valence electrons. The summed E-state index contributed by atoms with van der Waals surface area (Å²) in [5.41, 5.74) is 2.36. The molecule has 9 heteroatoms. The number of Topliss-reactive ketones (excluding diaryl/α,β-unsaturated/α-hetero) is 1. The average Bonchev–Trinajstić information content (AvgIpc) is 3.49. The highest BCUT2D eigenvalue weighted by Gasteiger charge is 2.49. The summed E-state index contributed by atoms with van der Waals surface area (Å²) in [7, 11) is 0. The van der Waals surface area contributed by atoms with Gasteiger partial charge in [-0.15, -0.1) is 0 Å². The zero-order valence-corrected chi connectivity index (χ0v) is 19.4. The van der Waals surface area contributed by atoms with Crippen LogP contribution in [0.3, 0.4) is 0 Å². The maximum absolute atomic E-state index is 13.2. The zero-order valence-electron chi connectivity index (χ0n) is 18.5. The number of hydrogen-bond acceptors (Lipinski definition) is 8. The predicted molar refractivity (Wildman–Crippen MR) is 122 cm³/mol. The molecule has 1 fully saturated rings. The maximum Gasteiger partial charge on any atom is 0.350 e. The lowest BCUT2D eigenvalue weighted by Crippen LogP contribution is -2.29. The van der Waals surface area contributed by atoms with Crippen LogP contribution in [0.2, 0.25) is 0 Å². The maximum atomic E-state index is 13.2. The van der Waals surface area contributed by atoms with E-state index in [0.717, 1.165) is 27.4 Å². The van der Waals surface area contributed by atoms with Gasteiger partial charge in [0.2, 0.25) is 0 Å². The molecular weight excluding hydrogens is 444 g/mol. The third kappa shape index (κ3) is 3.84. The first-order valence-corrected chi connectivity index (χ1v) is 11.1. The van der Waals surface area contributed by atoms with Crippen LogP contribution in [-0.4, -0.2) is 34.4 Å². The fourth-order valence-corrected chi connectivity index (χ4v) is 4.74. The number of aryl methyl sites for hydroxylation is 3. The third-order valence-electron chi connectivity index (χ3n) is 5.36. The third-order valence-corrected chi connectivity index (χ3v) is 6.49. The van der Waals surface area contributed by atoms with E-state index in [2.05, 4.69) is 4.98 Å². The Bertz CT molecular complexity index is 1290. The molecule has 3 heterocycles. The van der Waals surface area contributed by atoms with Crippen molar-refractivity contribution >= 4 is 39.9 Å². The SMILES string of the molecule is CCOC(=O)c1sc(N2C(=O)C(=O)/C(=C(/O)c3cc(C)ccc3C)C2c2ccco2)nc1C. The van der Waals surface area contributed by atoms with Gasteiger partial charge in [0.15, 0.2) is 5.13 Å². The Morgan fingerprint density at radius 2 is 2.00 bits per heavy atom. The first kappa shape index (κ1) is 22.5. The smallest absolute Gasteiger partial charge is 0.350 e. The Morgan fingerprint density at radius 1 is 1.24 bits per heavy atom. The molecule has 1 aliphatic rings. The number of nitrogens with zero attached hydrogens (tertiary/aromatic N) is 2. The molecule has 1 aromatic carbocycles. The standard InChI is InChI=1S/C24H22N2O6S/c1-5-31-23(30)21-14(4)25-24(33-21)26-18(16-7-6-10-32-16)17(20(28)22(26)29)19(27)15-11-12(2)8-9-13(15)3/h6-11,18,27H,5H2,1-4H3/b19-17+. The molecule has 0 spiro atoms. The number of carbonyl (C=O) groups excluding carboxylic acids is 3. The normalized spacial score (nSPS) is 17.6. The lowest BCUT2D eigenvalue weighted by Gasteiger charge is -2.20. The van der Waals surface area contributed by atoms with Crippen molar-refractivity contribution < 1.29 is 28.6 Å². The summed E-state index contributed by atoms with van der Waals surface area (Å²) in [4.78, 5) is 44.4. The van der Waals surface area contributed by atoms with Crippen LogP contribution in [0, 0.1) is 20.8 Å². The predicted octanol–water partition coefficient (Wildman–Crippen LogP) is 4.46. The molecular formula is C24H22N2O6S. The molecule has 1 N–H and O–H groups in total. The Hall–Kier alpha value is -3.72. The molecule has 0 aliphatic carbocycles. The van der Waals surface area contributed by atoms with Gasteiger partial charge in [-0.2, -0.15) is 0 Å². The van der Waals surface area contributed by atoms with Gasteiger partial charge in [0.1, 0.15) is 22.4 Å². The number of furan rings is 1. The number of thiazole rings is 1. The van der Waals surface area contributed by atoms with E-state index in [9.17, 15) is 19.5 Å². The van der Waals surface area contributed by atoms with E-state index in [4.69, 9.17) is 9.15 Å². The summed E-state index contributed by atoms with van der Waals surface area (Å²) in [6.07, 6.45) is 1.42. The number of aliphatic hydroxyl groups is 1. The minimum absolute atomic E-state index is 0.103. The van der Waals surface area contributed by atoms with Gasteiger partial charge in [-0.25, -0.2) is 9.78 Å². The van der Waals surface area contributed by atoms with Crippen LogP contribution in [0.1, 0.15) is 50.8 Å². The fourth-order valence-electron chi connectivity index (χ4n) is 3.75. The van der Waals surface area contributed by atoms with Crippen LogP contribution in [0.15, 0.2) is 46.6 Å². The quantitative estimate of drug-likeness (QED) is 0.256. The van der Waals surface area contributed by atoms with Crippen LogP contribution in [0.4, 0.5) is 5.13 Å². The molecule has 1 saturated heterocycles. The van der Waals surface area contributed by atoms with Crippen molar-refractivity contribution in [1.82, 2.24) is 4.98 Å². The van der Waals surface area contributed by atoms with Gasteiger partial charge in [-0.1, -0.05) is 29.0 Å². The summed E-state index contributed by atoms with van der Waals surface area (Å²) in [5.74, 6) is -2.29. The Morgan fingerprint density at radius 3 is 2.67 bits per heavy atom. The van der Waals surface area contributed by atoms with Gasteiger partial charge in [0.25, 0.3) is 5.78 Å². The van der Waals surface area contributed by atoms with Crippen LogP contribution in [0.5, 0.6) is 0 Å². The van der Waals surface area contributed by atoms with Crippen LogP contribution in [-0.2, 0) is 14.3 Å². The number of esters is 1. The molecule has 1 aliphatic heterocycles. The number of amides is 1. The first-order chi connectivity index (χ1) is 15.7. The van der Waals surface area contributed by atoms with Crippen LogP contribution >= 0.6 is 11.3 Å². The molecule has 1 atom stereocenters. The average molecular weight is 467 g/mol. The number of benzene rings is 1. The number of hydrogen-bond donors (Lipinski definition) is 1. The largest absolute Gasteiger partial charge is 0.507 e. The van der Waals surface area contributed by atoms with Crippen molar-refractivity contribution in [2.24, 2.45) is 0 Å². The van der Waals surface area contributed by atoms with Gasteiger partial charge in [0.05, 0.1) is 24.1 Å². The van der Waals surface area contributed by atoms with E-state index in [-0.39, 0.29) is 33.7 Å². The lowest BCUT2D eigenvalue weighted by atomic mass is 9.96. The van der Waals surface area contributed by atoms with E-state index in [1.54, 1.807) is 32.0 Å². The van der Waals surface area contributed by atoms with Crippen molar-refractivity contribution in [3.63, 3.8) is 0 Å². The second kappa shape index (κ2) is 8.67. The molecule has 1 unspecified atom stereocenters. The van der Waals surface area contributed by atoms with Crippen LogP contribution < -0.4 is 4.90 Å². The van der Waals surface area contributed by atoms with E-state index in [1.807, 2.05) is 26.0 Å². The van der Waals surface area contributed by atoms with E-state index in [1.165, 1.54) is 6.26 Å². The molecule has 0 bridgehead atoms. The van der Waals surface area contributed by atoms with E-state index < -0.39 is 23.7 Å². The number of ether oxygens (including phenoxy) is 1. The number of carbonyl (C=O) groups is 3. The Kier molecular flexibility index (Phi) is 5.90. The van der Waals surface area contributed by atoms with Gasteiger partial charge >= 0.3 is 11.9 Å². The molecule has 0 radical (unpaired) electrons. The molecule has 33 heavy (non-hydrogen) atoms. The van der Waals surface area contributed by atoms with Crippen molar-refractivity contribution in [3.05, 3.63) is 75.2 Å². The zero-order chi connectivity index (χ0) is 23.9. The van der Waals surface area contributed by atoms with Gasteiger partial charge in [-0.3, -0.25) is 14.5 Å². The minimum atomic E-state index is -1.04. The monoisotopic (exact) mass is 466 g/mol. The molecule has 0 saturated carbocycles. The highest BCUT2D eigenvalue weighted by molar-refractivity contribution is 7.17. The van der Waals surface area contributed by atoms with Crippen molar-refractivity contribution in [2.75, 3.05) is 11.5 Å². The molecule has 4 rings (SSSR count). The summed E-state index contributed by atoms with van der Waals surface area (Å²) in [6, 6.07) is 7.68. The van der Waals surface area contributed by atoms with Crippen LogP contribution in [0.25, 0.3) is 5.76 Å². The summed E-state index contributed by atoms with van der Waals surface area (Å²) in [5, 5.41) is 11.4. The summed E-state index contributed by atoms with van der Waals surface area (Å²) >= 11 is 0.948. The van der Waals surface area contributed by atoms with Crippen molar-refractivity contribution in [2.45, 2.75) is 33.7 Å². The second-order valence-corrected chi connectivity index (χ2v) is 8.61. The fraction of sp³-hybridized carbons (Fsp3) is 0.250.